The number of ether oxygens (including phenoxy) is 2. The molecule has 0 aliphatic heterocycles. The average Bonchev–Trinajstić information content (AvgIpc) is 2.80. The van der Waals surface area contributed by atoms with Crippen molar-refractivity contribution in [3.8, 4) is 0 Å². The Balaban J connectivity index is 4.19. The van der Waals surface area contributed by atoms with E-state index in [1.54, 1.807) is 0 Å². The molecule has 212 valence electrons. The smallest absolute Gasteiger partial charge is 0.463 e. The Morgan fingerprint density at radius 3 is 1.89 bits per heavy atom. The Hall–Kier alpha value is -1.25. The van der Waals surface area contributed by atoms with E-state index in [9.17, 15) is 19.0 Å². The number of rotatable bonds is 24. The Labute approximate surface area is 218 Å². The number of hydrogen-bond donors (Lipinski definition) is 1. The van der Waals surface area contributed by atoms with Gasteiger partial charge in [0.15, 0.2) is 0 Å². The summed E-state index contributed by atoms with van der Waals surface area (Å²) in [6, 6.07) is 0. The monoisotopic (exact) mass is 536 g/mol. The molecule has 0 bridgehead atoms. The molecule has 2 unspecified atom stereocenters. The van der Waals surface area contributed by atoms with Crippen LogP contribution in [0.25, 0.3) is 0 Å². The molecule has 0 spiro atoms. The Morgan fingerprint density at radius 1 is 0.889 bits per heavy atom. The lowest BCUT2D eigenvalue weighted by Crippen LogP contribution is -2.37. The normalized spacial score (nSPS) is 14.1. The molecule has 0 radical (unpaired) electrons. The van der Waals surface area contributed by atoms with Crippen LogP contribution in [-0.4, -0.2) is 74.9 Å². The summed E-state index contributed by atoms with van der Waals surface area (Å²) in [6.45, 7) is 5.31. The summed E-state index contributed by atoms with van der Waals surface area (Å²) >= 11 is 0. The quantitative estimate of drug-likeness (QED) is 0.0562. The Bertz CT molecular complexity index is 650. The standard InChI is InChI=1S/C26H50NO8P/c1-6-8-9-10-11-12-13-14-15-16-17-18-19-26(29)33-23-24(22-32-25(28)7-2)35-36(30,31)34-21-20-27(3,4)5/h7,24H,2,6,8-23H2,1,3-5H3/p+1. The van der Waals surface area contributed by atoms with Gasteiger partial charge in [0.25, 0.3) is 0 Å². The summed E-state index contributed by atoms with van der Waals surface area (Å²) in [5.74, 6) is -1.14. The summed E-state index contributed by atoms with van der Waals surface area (Å²) in [7, 11) is 1.32. The minimum absolute atomic E-state index is 0.00477. The van der Waals surface area contributed by atoms with Gasteiger partial charge in [-0.25, -0.2) is 9.36 Å². The first-order valence-corrected chi connectivity index (χ1v) is 14.9. The second-order valence-corrected chi connectivity index (χ2v) is 11.6. The van der Waals surface area contributed by atoms with Gasteiger partial charge in [-0.15, -0.1) is 0 Å². The van der Waals surface area contributed by atoms with Crippen molar-refractivity contribution >= 4 is 19.8 Å². The van der Waals surface area contributed by atoms with E-state index in [1.807, 2.05) is 21.1 Å². The number of nitrogens with zero attached hydrogens (tertiary/aromatic N) is 1. The molecule has 1 N–H and O–H groups in total. The number of carbonyl (C=O) groups is 2. The molecule has 0 aromatic rings. The van der Waals surface area contributed by atoms with E-state index in [0.717, 1.165) is 25.3 Å². The maximum absolute atomic E-state index is 12.3. The van der Waals surface area contributed by atoms with E-state index in [4.69, 9.17) is 18.5 Å². The van der Waals surface area contributed by atoms with Gasteiger partial charge in [-0.3, -0.25) is 13.8 Å². The van der Waals surface area contributed by atoms with Crippen LogP contribution in [0.5, 0.6) is 0 Å². The van der Waals surface area contributed by atoms with Crippen molar-refractivity contribution in [2.75, 3.05) is 47.5 Å². The minimum atomic E-state index is -4.43. The van der Waals surface area contributed by atoms with E-state index in [1.165, 1.54) is 57.8 Å². The third-order valence-corrected chi connectivity index (χ3v) is 6.62. The average molecular weight is 537 g/mol. The van der Waals surface area contributed by atoms with Gasteiger partial charge in [0.1, 0.15) is 32.5 Å². The lowest BCUT2D eigenvalue weighted by Gasteiger charge is -2.25. The molecule has 0 aromatic heterocycles. The highest BCUT2D eigenvalue weighted by Crippen LogP contribution is 2.44. The van der Waals surface area contributed by atoms with Crippen LogP contribution in [0.3, 0.4) is 0 Å². The molecule has 0 saturated carbocycles. The lowest BCUT2D eigenvalue weighted by molar-refractivity contribution is -0.870. The van der Waals surface area contributed by atoms with Gasteiger partial charge in [-0.2, -0.15) is 0 Å². The minimum Gasteiger partial charge on any atom is -0.463 e. The first-order valence-electron chi connectivity index (χ1n) is 13.4. The lowest BCUT2D eigenvalue weighted by atomic mass is 10.0. The summed E-state index contributed by atoms with van der Waals surface area (Å²) in [4.78, 5) is 33.5. The molecule has 0 amide bonds. The number of carbonyl (C=O) groups excluding carboxylic acids is 2. The number of unbranched alkanes of at least 4 members (excludes halogenated alkanes) is 11. The van der Waals surface area contributed by atoms with Crippen LogP contribution < -0.4 is 0 Å². The van der Waals surface area contributed by atoms with Gasteiger partial charge in [-0.1, -0.05) is 84.1 Å². The fraction of sp³-hybridized carbons (Fsp3) is 0.846. The Morgan fingerprint density at radius 2 is 1.39 bits per heavy atom. The summed E-state index contributed by atoms with van der Waals surface area (Å²) in [6.07, 6.45) is 14.5. The highest BCUT2D eigenvalue weighted by molar-refractivity contribution is 7.47. The van der Waals surface area contributed by atoms with Crippen molar-refractivity contribution in [1.82, 2.24) is 0 Å². The molecule has 0 aliphatic carbocycles. The molecule has 10 heteroatoms. The molecular formula is C26H51NO8P+. The van der Waals surface area contributed by atoms with Gasteiger partial charge in [0, 0.05) is 12.5 Å². The number of phosphoric acid groups is 1. The van der Waals surface area contributed by atoms with Crippen LogP contribution >= 0.6 is 7.82 Å². The highest BCUT2D eigenvalue weighted by atomic mass is 31.2. The molecule has 0 saturated heterocycles. The second kappa shape index (κ2) is 20.8. The van der Waals surface area contributed by atoms with Crippen molar-refractivity contribution in [2.45, 2.75) is 96.5 Å². The van der Waals surface area contributed by atoms with E-state index in [2.05, 4.69) is 13.5 Å². The third kappa shape index (κ3) is 23.2. The molecule has 9 nitrogen and oxygen atoms in total. The van der Waals surface area contributed by atoms with Crippen LogP contribution in [0.2, 0.25) is 0 Å². The van der Waals surface area contributed by atoms with Crippen LogP contribution in [0.1, 0.15) is 90.4 Å². The molecule has 0 aromatic carbocycles. The molecule has 0 rings (SSSR count). The zero-order chi connectivity index (χ0) is 27.3. The van der Waals surface area contributed by atoms with Crippen molar-refractivity contribution in [3.63, 3.8) is 0 Å². The largest absolute Gasteiger partial charge is 0.472 e. The van der Waals surface area contributed by atoms with Gasteiger partial charge in [-0.05, 0) is 6.42 Å². The van der Waals surface area contributed by atoms with Gasteiger partial charge >= 0.3 is 19.8 Å². The number of phosphoric ester groups is 1. The van der Waals surface area contributed by atoms with E-state index in [0.29, 0.717) is 11.0 Å². The van der Waals surface area contributed by atoms with Crippen LogP contribution in [-0.2, 0) is 32.7 Å². The third-order valence-electron chi connectivity index (χ3n) is 5.54. The predicted molar refractivity (Wildman–Crippen MR) is 141 cm³/mol. The van der Waals surface area contributed by atoms with Crippen molar-refractivity contribution in [2.24, 2.45) is 0 Å². The second-order valence-electron chi connectivity index (χ2n) is 10.2. The number of quaternary nitrogens is 1. The fourth-order valence-electron chi connectivity index (χ4n) is 3.36. The topological polar surface area (TPSA) is 108 Å². The molecule has 0 aliphatic rings. The first kappa shape index (κ1) is 34.8. The summed E-state index contributed by atoms with van der Waals surface area (Å²) in [5.41, 5.74) is 0. The molecule has 36 heavy (non-hydrogen) atoms. The van der Waals surface area contributed by atoms with Gasteiger partial charge in [0.2, 0.25) is 0 Å². The highest BCUT2D eigenvalue weighted by Gasteiger charge is 2.29. The molecule has 2 atom stereocenters. The first-order chi connectivity index (χ1) is 17.0. The number of hydrogen-bond acceptors (Lipinski definition) is 7. The number of esters is 2. The van der Waals surface area contributed by atoms with Crippen LogP contribution in [0.4, 0.5) is 0 Å². The van der Waals surface area contributed by atoms with Crippen molar-refractivity contribution < 1.29 is 42.1 Å². The zero-order valence-electron chi connectivity index (χ0n) is 23.1. The predicted octanol–water partition coefficient (Wildman–Crippen LogP) is 5.56. The Kier molecular flexibility index (Phi) is 20.0. The zero-order valence-corrected chi connectivity index (χ0v) is 24.0. The summed E-state index contributed by atoms with van der Waals surface area (Å²) in [5, 5.41) is 0. The maximum Gasteiger partial charge on any atom is 0.472 e. The van der Waals surface area contributed by atoms with E-state index in [-0.39, 0.29) is 26.2 Å². The van der Waals surface area contributed by atoms with Crippen molar-refractivity contribution in [3.05, 3.63) is 12.7 Å². The summed E-state index contributed by atoms with van der Waals surface area (Å²) < 4.78 is 33.0. The van der Waals surface area contributed by atoms with E-state index < -0.39 is 25.9 Å². The van der Waals surface area contributed by atoms with Crippen LogP contribution in [0, 0.1) is 0 Å². The maximum atomic E-state index is 12.3. The SMILES string of the molecule is C=CC(=O)OCC(COC(=O)CCCCCCCCCCCCCC)OP(=O)(O)OCC[N+](C)(C)C. The van der Waals surface area contributed by atoms with Crippen LogP contribution in [0.15, 0.2) is 12.7 Å². The van der Waals surface area contributed by atoms with Gasteiger partial charge < -0.3 is 18.9 Å². The fourth-order valence-corrected chi connectivity index (χ4v) is 4.23. The number of likely N-dealkylation sites (N-methyl/N-ethyl adjacent to an activating group) is 1. The van der Waals surface area contributed by atoms with E-state index >= 15 is 0 Å². The molecule has 0 fully saturated rings. The molecule has 0 heterocycles. The van der Waals surface area contributed by atoms with Gasteiger partial charge in [0.05, 0.1) is 21.1 Å². The molecular weight excluding hydrogens is 485 g/mol. The van der Waals surface area contributed by atoms with Crippen molar-refractivity contribution in [1.29, 1.82) is 0 Å².